The molecule has 2 aromatic rings. The van der Waals surface area contributed by atoms with Gasteiger partial charge in [0.1, 0.15) is 0 Å². The molecular weight excluding hydrogens is 357 g/mol. The van der Waals surface area contributed by atoms with Crippen LogP contribution in [0.3, 0.4) is 0 Å². The molecule has 94 valence electrons. The number of benzene rings is 2. The third kappa shape index (κ3) is 3.39. The van der Waals surface area contributed by atoms with Crippen LogP contribution in [0, 0.1) is 3.57 Å². The van der Waals surface area contributed by atoms with Crippen molar-refractivity contribution in [2.75, 3.05) is 19.0 Å². The molecule has 0 atom stereocenters. The highest BCUT2D eigenvalue weighted by atomic mass is 127. The smallest absolute Gasteiger partial charge is 0.0461 e. The number of hydrogen-bond acceptors (Lipinski definition) is 1. The molecule has 0 saturated carbocycles. The Bertz CT molecular complexity index is 535. The molecule has 0 aliphatic heterocycles. The summed E-state index contributed by atoms with van der Waals surface area (Å²) in [7, 11) is 4.04. The molecule has 0 bridgehead atoms. The van der Waals surface area contributed by atoms with Gasteiger partial charge in [0.05, 0.1) is 0 Å². The van der Waals surface area contributed by atoms with E-state index >= 15 is 0 Å². The quantitative estimate of drug-likeness (QED) is 0.713. The Morgan fingerprint density at radius 3 is 2.28 bits per heavy atom. The Balaban J connectivity index is 2.22. The van der Waals surface area contributed by atoms with Gasteiger partial charge in [-0.05, 0) is 64.4 Å². The molecule has 0 saturated heterocycles. The summed E-state index contributed by atoms with van der Waals surface area (Å²) < 4.78 is 1.26. The van der Waals surface area contributed by atoms with Crippen LogP contribution in [0.5, 0.6) is 0 Å². The molecule has 0 amide bonds. The first-order valence-corrected chi connectivity index (χ1v) is 7.22. The second kappa shape index (κ2) is 5.93. The van der Waals surface area contributed by atoms with Crippen LogP contribution in [-0.4, -0.2) is 14.1 Å². The summed E-state index contributed by atoms with van der Waals surface area (Å²) in [5.41, 5.74) is 3.59. The van der Waals surface area contributed by atoms with Gasteiger partial charge in [-0.3, -0.25) is 0 Å². The van der Waals surface area contributed by atoms with Crippen molar-refractivity contribution in [2.24, 2.45) is 0 Å². The first kappa shape index (κ1) is 13.7. The van der Waals surface area contributed by atoms with Crippen LogP contribution < -0.4 is 4.90 Å². The summed E-state index contributed by atoms with van der Waals surface area (Å²) in [6.45, 7) is 0. The fraction of sp³-hybridized carbons (Fsp3) is 0.200. The zero-order valence-electron chi connectivity index (χ0n) is 10.5. The van der Waals surface area contributed by atoms with Crippen LogP contribution in [0.2, 0.25) is 5.02 Å². The average Bonchev–Trinajstić information content (AvgIpc) is 2.34. The SMILES string of the molecule is CN(C)c1ccc(Cc2ccc(I)cc2)c(Cl)c1. The van der Waals surface area contributed by atoms with Crippen LogP contribution in [0.25, 0.3) is 0 Å². The summed E-state index contributed by atoms with van der Waals surface area (Å²) >= 11 is 8.64. The minimum Gasteiger partial charge on any atom is -0.378 e. The Labute approximate surface area is 127 Å². The second-order valence-corrected chi connectivity index (χ2v) is 6.13. The van der Waals surface area contributed by atoms with Crippen molar-refractivity contribution in [1.82, 2.24) is 0 Å². The van der Waals surface area contributed by atoms with Gasteiger partial charge in [0.15, 0.2) is 0 Å². The standard InChI is InChI=1S/C15H15ClIN/c1-18(2)14-8-5-12(15(16)10-14)9-11-3-6-13(17)7-4-11/h3-8,10H,9H2,1-2H3. The van der Waals surface area contributed by atoms with E-state index in [4.69, 9.17) is 11.6 Å². The van der Waals surface area contributed by atoms with E-state index in [1.807, 2.05) is 20.2 Å². The largest absolute Gasteiger partial charge is 0.378 e. The summed E-state index contributed by atoms with van der Waals surface area (Å²) in [5.74, 6) is 0. The molecule has 2 rings (SSSR count). The van der Waals surface area contributed by atoms with Crippen molar-refractivity contribution in [1.29, 1.82) is 0 Å². The van der Waals surface area contributed by atoms with Gasteiger partial charge in [-0.25, -0.2) is 0 Å². The van der Waals surface area contributed by atoms with Crippen LogP contribution >= 0.6 is 34.2 Å². The van der Waals surface area contributed by atoms with Crippen LogP contribution in [-0.2, 0) is 6.42 Å². The van der Waals surface area contributed by atoms with Gasteiger partial charge in [0, 0.05) is 28.4 Å². The molecule has 0 N–H and O–H groups in total. The van der Waals surface area contributed by atoms with E-state index in [0.29, 0.717) is 0 Å². The molecule has 0 fully saturated rings. The van der Waals surface area contributed by atoms with E-state index in [2.05, 4.69) is 63.9 Å². The predicted octanol–water partition coefficient (Wildman–Crippen LogP) is 4.60. The van der Waals surface area contributed by atoms with Crippen LogP contribution in [0.4, 0.5) is 5.69 Å². The van der Waals surface area contributed by atoms with Crippen molar-refractivity contribution in [2.45, 2.75) is 6.42 Å². The van der Waals surface area contributed by atoms with Crippen molar-refractivity contribution in [3.05, 3.63) is 62.2 Å². The number of hydrogen-bond donors (Lipinski definition) is 0. The fourth-order valence-electron chi connectivity index (χ4n) is 1.78. The predicted molar refractivity (Wildman–Crippen MR) is 87.7 cm³/mol. The maximum absolute atomic E-state index is 6.33. The van der Waals surface area contributed by atoms with Crippen molar-refractivity contribution in [3.63, 3.8) is 0 Å². The van der Waals surface area contributed by atoms with E-state index in [9.17, 15) is 0 Å². The lowest BCUT2D eigenvalue weighted by Crippen LogP contribution is -2.08. The van der Waals surface area contributed by atoms with Crippen LogP contribution in [0.1, 0.15) is 11.1 Å². The molecule has 0 spiro atoms. The molecule has 0 heterocycles. The van der Waals surface area contributed by atoms with Gasteiger partial charge in [0.25, 0.3) is 0 Å². The summed E-state index contributed by atoms with van der Waals surface area (Å²) in [6.07, 6.45) is 0.878. The molecule has 18 heavy (non-hydrogen) atoms. The first-order chi connectivity index (χ1) is 8.56. The summed E-state index contributed by atoms with van der Waals surface area (Å²) in [6, 6.07) is 14.8. The Morgan fingerprint density at radius 1 is 1.06 bits per heavy atom. The average molecular weight is 372 g/mol. The van der Waals surface area contributed by atoms with Gasteiger partial charge in [-0.15, -0.1) is 0 Å². The lowest BCUT2D eigenvalue weighted by Gasteiger charge is -2.14. The molecule has 0 unspecified atom stereocenters. The lowest BCUT2D eigenvalue weighted by molar-refractivity contribution is 1.12. The Morgan fingerprint density at radius 2 is 1.72 bits per heavy atom. The van der Waals surface area contributed by atoms with E-state index in [1.54, 1.807) is 0 Å². The Kier molecular flexibility index (Phi) is 4.51. The minimum absolute atomic E-state index is 0.833. The number of anilines is 1. The van der Waals surface area contributed by atoms with Gasteiger partial charge in [-0.1, -0.05) is 29.8 Å². The van der Waals surface area contributed by atoms with E-state index in [0.717, 1.165) is 17.1 Å². The highest BCUT2D eigenvalue weighted by molar-refractivity contribution is 14.1. The number of rotatable bonds is 3. The zero-order valence-corrected chi connectivity index (χ0v) is 13.4. The van der Waals surface area contributed by atoms with Gasteiger partial charge in [0.2, 0.25) is 0 Å². The summed E-state index contributed by atoms with van der Waals surface area (Å²) in [4.78, 5) is 2.06. The van der Waals surface area contributed by atoms with Gasteiger partial charge >= 0.3 is 0 Å². The molecule has 0 aromatic heterocycles. The molecule has 3 heteroatoms. The normalized spacial score (nSPS) is 10.4. The highest BCUT2D eigenvalue weighted by Gasteiger charge is 2.04. The summed E-state index contributed by atoms with van der Waals surface area (Å²) in [5, 5.41) is 0.833. The molecule has 0 aliphatic rings. The van der Waals surface area contributed by atoms with Gasteiger partial charge in [-0.2, -0.15) is 0 Å². The Hall–Kier alpha value is -0.740. The lowest BCUT2D eigenvalue weighted by atomic mass is 10.0. The second-order valence-electron chi connectivity index (χ2n) is 4.47. The van der Waals surface area contributed by atoms with E-state index in [-0.39, 0.29) is 0 Å². The maximum atomic E-state index is 6.33. The maximum Gasteiger partial charge on any atom is 0.0461 e. The third-order valence-electron chi connectivity index (χ3n) is 2.86. The van der Waals surface area contributed by atoms with E-state index in [1.165, 1.54) is 14.7 Å². The zero-order chi connectivity index (χ0) is 13.1. The molecule has 2 aromatic carbocycles. The van der Waals surface area contributed by atoms with Crippen molar-refractivity contribution in [3.8, 4) is 0 Å². The minimum atomic E-state index is 0.833. The van der Waals surface area contributed by atoms with Crippen molar-refractivity contribution < 1.29 is 0 Å². The topological polar surface area (TPSA) is 3.24 Å². The highest BCUT2D eigenvalue weighted by Crippen LogP contribution is 2.24. The molecule has 0 radical (unpaired) electrons. The van der Waals surface area contributed by atoms with Crippen molar-refractivity contribution >= 4 is 39.9 Å². The van der Waals surface area contributed by atoms with Crippen LogP contribution in [0.15, 0.2) is 42.5 Å². The monoisotopic (exact) mass is 371 g/mol. The van der Waals surface area contributed by atoms with Gasteiger partial charge < -0.3 is 4.90 Å². The molecule has 0 aliphatic carbocycles. The fourth-order valence-corrected chi connectivity index (χ4v) is 2.38. The van der Waals surface area contributed by atoms with E-state index < -0.39 is 0 Å². The molecule has 1 nitrogen and oxygen atoms in total. The first-order valence-electron chi connectivity index (χ1n) is 5.76. The molecular formula is C15H15ClIN. The number of nitrogens with zero attached hydrogens (tertiary/aromatic N) is 1. The number of halogens is 2. The third-order valence-corrected chi connectivity index (χ3v) is 3.93.